The molecule has 1 aliphatic carbocycles. The van der Waals surface area contributed by atoms with E-state index in [1.54, 1.807) is 0 Å². The molecule has 1 fully saturated rings. The predicted molar refractivity (Wildman–Crippen MR) is 98.0 cm³/mol. The van der Waals surface area contributed by atoms with E-state index in [0.717, 1.165) is 38.5 Å². The standard InChI is InChI=1S/C18H35NO3S/c1-12(2)9-10-15(20)16(23)13-7-6-8-14(11-13)19-17(21)22-18(3,4)5/h12-16,20,23H,6-11H2,1-5H3,(H,19,21). The van der Waals surface area contributed by atoms with Gasteiger partial charge in [0.05, 0.1) is 6.10 Å². The van der Waals surface area contributed by atoms with Gasteiger partial charge in [-0.15, -0.1) is 0 Å². The van der Waals surface area contributed by atoms with Crippen LogP contribution < -0.4 is 5.32 Å². The minimum atomic E-state index is -0.475. The van der Waals surface area contributed by atoms with E-state index in [0.29, 0.717) is 11.8 Å². The van der Waals surface area contributed by atoms with Crippen LogP contribution in [0.15, 0.2) is 0 Å². The van der Waals surface area contributed by atoms with Crippen molar-refractivity contribution in [1.29, 1.82) is 0 Å². The summed E-state index contributed by atoms with van der Waals surface area (Å²) in [6, 6.07) is 0.121. The van der Waals surface area contributed by atoms with Crippen LogP contribution >= 0.6 is 12.6 Å². The number of thiol groups is 1. The molecule has 0 heterocycles. The molecule has 136 valence electrons. The topological polar surface area (TPSA) is 58.6 Å². The third kappa shape index (κ3) is 8.30. The number of hydrogen-bond donors (Lipinski definition) is 3. The first-order chi connectivity index (χ1) is 10.6. The molecular weight excluding hydrogens is 310 g/mol. The minimum absolute atomic E-state index is 0.0167. The molecule has 0 aromatic rings. The number of carbonyl (C=O) groups is 1. The monoisotopic (exact) mass is 345 g/mol. The number of aliphatic hydroxyl groups is 1. The summed E-state index contributed by atoms with van der Waals surface area (Å²) < 4.78 is 5.33. The van der Waals surface area contributed by atoms with Gasteiger partial charge in [-0.05, 0) is 64.7 Å². The van der Waals surface area contributed by atoms with Gasteiger partial charge in [0.1, 0.15) is 5.60 Å². The number of ether oxygens (including phenoxy) is 1. The highest BCUT2D eigenvalue weighted by Crippen LogP contribution is 2.32. The molecule has 1 saturated carbocycles. The van der Waals surface area contributed by atoms with E-state index in [1.165, 1.54) is 0 Å². The Morgan fingerprint density at radius 2 is 1.96 bits per heavy atom. The highest BCUT2D eigenvalue weighted by atomic mass is 32.1. The Hall–Kier alpha value is -0.420. The van der Waals surface area contributed by atoms with Gasteiger partial charge in [0.15, 0.2) is 0 Å². The second-order valence-electron chi connectivity index (χ2n) is 8.30. The van der Waals surface area contributed by atoms with Crippen molar-refractivity contribution >= 4 is 18.7 Å². The van der Waals surface area contributed by atoms with E-state index in [2.05, 4.69) is 31.8 Å². The fraction of sp³-hybridized carbons (Fsp3) is 0.944. The molecule has 2 N–H and O–H groups in total. The van der Waals surface area contributed by atoms with Gasteiger partial charge in [0.25, 0.3) is 0 Å². The van der Waals surface area contributed by atoms with Crippen molar-refractivity contribution in [3.63, 3.8) is 0 Å². The van der Waals surface area contributed by atoms with Crippen LogP contribution in [0.1, 0.15) is 73.1 Å². The van der Waals surface area contributed by atoms with Crippen LogP contribution in [-0.2, 0) is 4.74 Å². The molecule has 0 aliphatic heterocycles. The number of carbonyl (C=O) groups excluding carboxylic acids is 1. The summed E-state index contributed by atoms with van der Waals surface area (Å²) in [6.45, 7) is 9.94. The first-order valence-corrected chi connectivity index (χ1v) is 9.45. The second-order valence-corrected chi connectivity index (χ2v) is 8.90. The summed E-state index contributed by atoms with van der Waals surface area (Å²) in [4.78, 5) is 11.9. The molecule has 5 heteroatoms. The zero-order chi connectivity index (χ0) is 17.6. The highest BCUT2D eigenvalue weighted by Gasteiger charge is 2.31. The lowest BCUT2D eigenvalue weighted by Gasteiger charge is -2.35. The Kier molecular flexibility index (Phi) is 8.22. The van der Waals surface area contributed by atoms with Crippen LogP contribution in [0.25, 0.3) is 0 Å². The molecular formula is C18H35NO3S. The van der Waals surface area contributed by atoms with Gasteiger partial charge in [-0.3, -0.25) is 0 Å². The van der Waals surface area contributed by atoms with Gasteiger partial charge in [0.2, 0.25) is 0 Å². The molecule has 0 aromatic heterocycles. The summed E-state index contributed by atoms with van der Waals surface area (Å²) in [6.07, 6.45) is 5.06. The van der Waals surface area contributed by atoms with Crippen molar-refractivity contribution in [3.05, 3.63) is 0 Å². The van der Waals surface area contributed by atoms with Gasteiger partial charge in [-0.25, -0.2) is 4.79 Å². The van der Waals surface area contributed by atoms with Crippen LogP contribution in [0.5, 0.6) is 0 Å². The first-order valence-electron chi connectivity index (χ1n) is 8.94. The van der Waals surface area contributed by atoms with Crippen molar-refractivity contribution in [2.75, 3.05) is 0 Å². The van der Waals surface area contributed by atoms with Gasteiger partial charge in [0, 0.05) is 11.3 Å². The number of nitrogens with one attached hydrogen (secondary N) is 1. The van der Waals surface area contributed by atoms with Gasteiger partial charge < -0.3 is 15.2 Å². The van der Waals surface area contributed by atoms with Crippen LogP contribution in [0, 0.1) is 11.8 Å². The number of alkyl carbamates (subject to hydrolysis) is 1. The lowest BCUT2D eigenvalue weighted by Crippen LogP contribution is -2.43. The van der Waals surface area contributed by atoms with Gasteiger partial charge in [-0.2, -0.15) is 12.6 Å². The van der Waals surface area contributed by atoms with Crippen LogP contribution in [0.2, 0.25) is 0 Å². The zero-order valence-electron chi connectivity index (χ0n) is 15.3. The summed E-state index contributed by atoms with van der Waals surface area (Å²) in [5.41, 5.74) is -0.475. The summed E-state index contributed by atoms with van der Waals surface area (Å²) in [7, 11) is 0. The van der Waals surface area contributed by atoms with E-state index >= 15 is 0 Å². The maximum Gasteiger partial charge on any atom is 0.407 e. The van der Waals surface area contributed by atoms with Crippen LogP contribution in [-0.4, -0.2) is 34.2 Å². The van der Waals surface area contributed by atoms with E-state index in [-0.39, 0.29) is 23.5 Å². The van der Waals surface area contributed by atoms with Gasteiger partial charge >= 0.3 is 6.09 Å². The van der Waals surface area contributed by atoms with E-state index < -0.39 is 5.60 Å². The van der Waals surface area contributed by atoms with E-state index in [1.807, 2.05) is 20.8 Å². The Morgan fingerprint density at radius 1 is 1.30 bits per heavy atom. The molecule has 4 unspecified atom stereocenters. The molecule has 4 nitrogen and oxygen atoms in total. The Morgan fingerprint density at radius 3 is 2.52 bits per heavy atom. The summed E-state index contributed by atoms with van der Waals surface area (Å²) in [5.74, 6) is 0.937. The average molecular weight is 346 g/mol. The number of hydrogen-bond acceptors (Lipinski definition) is 4. The quantitative estimate of drug-likeness (QED) is 0.633. The molecule has 23 heavy (non-hydrogen) atoms. The van der Waals surface area contributed by atoms with Crippen molar-refractivity contribution in [3.8, 4) is 0 Å². The third-order valence-electron chi connectivity index (χ3n) is 4.35. The molecule has 1 rings (SSSR count). The molecule has 1 aliphatic rings. The molecule has 4 atom stereocenters. The smallest absolute Gasteiger partial charge is 0.407 e. The third-order valence-corrected chi connectivity index (χ3v) is 5.12. The summed E-state index contributed by atoms with van der Waals surface area (Å²) >= 11 is 4.68. The van der Waals surface area contributed by atoms with Crippen LogP contribution in [0.3, 0.4) is 0 Å². The van der Waals surface area contributed by atoms with Crippen molar-refractivity contribution in [1.82, 2.24) is 5.32 Å². The Balaban J connectivity index is 2.45. The lowest BCUT2D eigenvalue weighted by atomic mass is 9.81. The Bertz CT molecular complexity index is 368. The average Bonchev–Trinajstić information content (AvgIpc) is 2.42. The van der Waals surface area contributed by atoms with Crippen molar-refractivity contribution in [2.45, 2.75) is 96.1 Å². The fourth-order valence-corrected chi connectivity index (χ4v) is 3.55. The first kappa shape index (κ1) is 20.6. The number of rotatable bonds is 6. The molecule has 0 radical (unpaired) electrons. The van der Waals surface area contributed by atoms with E-state index in [4.69, 9.17) is 4.74 Å². The molecule has 0 bridgehead atoms. The normalized spacial score (nSPS) is 25.0. The maximum absolute atomic E-state index is 11.9. The number of amides is 1. The van der Waals surface area contributed by atoms with E-state index in [9.17, 15) is 9.90 Å². The Labute approximate surface area is 147 Å². The highest BCUT2D eigenvalue weighted by molar-refractivity contribution is 7.81. The molecule has 0 spiro atoms. The van der Waals surface area contributed by atoms with Crippen molar-refractivity contribution < 1.29 is 14.6 Å². The largest absolute Gasteiger partial charge is 0.444 e. The lowest BCUT2D eigenvalue weighted by molar-refractivity contribution is 0.0477. The van der Waals surface area contributed by atoms with Gasteiger partial charge in [-0.1, -0.05) is 20.3 Å². The number of aliphatic hydroxyl groups excluding tert-OH is 1. The minimum Gasteiger partial charge on any atom is -0.444 e. The SMILES string of the molecule is CC(C)CCC(O)C(S)C1CCCC(NC(=O)OC(C)(C)C)C1. The molecule has 0 aromatic carbocycles. The summed E-state index contributed by atoms with van der Waals surface area (Å²) in [5, 5.41) is 13.3. The predicted octanol–water partition coefficient (Wildman–Crippen LogP) is 4.17. The van der Waals surface area contributed by atoms with Crippen LogP contribution in [0.4, 0.5) is 4.79 Å². The zero-order valence-corrected chi connectivity index (χ0v) is 16.2. The molecule has 0 saturated heterocycles. The maximum atomic E-state index is 11.9. The van der Waals surface area contributed by atoms with Crippen molar-refractivity contribution in [2.24, 2.45) is 11.8 Å². The molecule has 1 amide bonds. The fourth-order valence-electron chi connectivity index (χ4n) is 3.13. The second kappa shape index (κ2) is 9.16.